The number of nitro groups is 1. The summed E-state index contributed by atoms with van der Waals surface area (Å²) in [7, 11) is 0. The fraction of sp³-hybridized carbons (Fsp3) is 0.176. The fourth-order valence-corrected chi connectivity index (χ4v) is 3.54. The highest BCUT2D eigenvalue weighted by atomic mass is 35.5. The summed E-state index contributed by atoms with van der Waals surface area (Å²) in [6.07, 6.45) is 0. The van der Waals surface area contributed by atoms with Crippen LogP contribution >= 0.6 is 23.4 Å². The number of nitrogens with zero attached hydrogens (tertiary/aromatic N) is 1. The monoisotopic (exact) mass is 410 g/mol. The van der Waals surface area contributed by atoms with Gasteiger partial charge in [-0.25, -0.2) is 9.59 Å². The highest BCUT2D eigenvalue weighted by Crippen LogP contribution is 2.27. The molecule has 1 atom stereocenters. The van der Waals surface area contributed by atoms with Crippen LogP contribution in [0.4, 0.5) is 11.4 Å². The second kappa shape index (κ2) is 9.24. The predicted molar refractivity (Wildman–Crippen MR) is 103 cm³/mol. The van der Waals surface area contributed by atoms with E-state index < -0.39 is 28.6 Å². The van der Waals surface area contributed by atoms with Gasteiger partial charge in [-0.1, -0.05) is 29.8 Å². The molecule has 0 radical (unpaired) electrons. The highest BCUT2D eigenvalue weighted by molar-refractivity contribution is 7.98. The third-order valence-corrected chi connectivity index (χ3v) is 5.02. The van der Waals surface area contributed by atoms with E-state index in [4.69, 9.17) is 16.7 Å². The minimum atomic E-state index is -1.31. The maximum atomic E-state index is 11.5. The van der Waals surface area contributed by atoms with Crippen molar-refractivity contribution < 1.29 is 24.7 Å². The van der Waals surface area contributed by atoms with E-state index in [9.17, 15) is 24.8 Å². The first-order valence-corrected chi connectivity index (χ1v) is 9.15. The maximum Gasteiger partial charge on any atom is 0.335 e. The van der Waals surface area contributed by atoms with Crippen molar-refractivity contribution in [2.75, 3.05) is 11.1 Å². The zero-order valence-electron chi connectivity index (χ0n) is 13.8. The Kier molecular flexibility index (Phi) is 7.03. The minimum absolute atomic E-state index is 0.0595. The molecular formula is C17H15ClN2O6S. The predicted octanol–water partition coefficient (Wildman–Crippen LogP) is 3.74. The molecule has 0 unspecified atom stereocenters. The molecule has 0 saturated heterocycles. The molecule has 0 aliphatic carbocycles. The Morgan fingerprint density at radius 1 is 1.22 bits per heavy atom. The fourth-order valence-electron chi connectivity index (χ4n) is 2.20. The summed E-state index contributed by atoms with van der Waals surface area (Å²) in [4.78, 5) is 32.9. The van der Waals surface area contributed by atoms with Gasteiger partial charge in [-0.15, -0.1) is 0 Å². The van der Waals surface area contributed by atoms with Crippen LogP contribution in [0.5, 0.6) is 0 Å². The lowest BCUT2D eigenvalue weighted by molar-refractivity contribution is -0.384. The zero-order valence-corrected chi connectivity index (χ0v) is 15.4. The highest BCUT2D eigenvalue weighted by Gasteiger charge is 2.23. The molecule has 0 saturated carbocycles. The molecule has 3 N–H and O–H groups in total. The Morgan fingerprint density at radius 2 is 1.93 bits per heavy atom. The zero-order chi connectivity index (χ0) is 20.0. The van der Waals surface area contributed by atoms with Crippen molar-refractivity contribution in [2.45, 2.75) is 11.8 Å². The van der Waals surface area contributed by atoms with Crippen LogP contribution in [-0.2, 0) is 10.5 Å². The third kappa shape index (κ3) is 5.60. The van der Waals surface area contributed by atoms with Crippen LogP contribution in [0.1, 0.15) is 15.9 Å². The second-order valence-corrected chi connectivity index (χ2v) is 6.87. The third-order valence-electron chi connectivity index (χ3n) is 3.57. The first-order chi connectivity index (χ1) is 12.8. The molecule has 0 spiro atoms. The van der Waals surface area contributed by atoms with Gasteiger partial charge in [-0.3, -0.25) is 10.1 Å². The van der Waals surface area contributed by atoms with Crippen LogP contribution in [0, 0.1) is 10.1 Å². The van der Waals surface area contributed by atoms with E-state index >= 15 is 0 Å². The lowest BCUT2D eigenvalue weighted by atomic mass is 10.1. The number of carboxylic acid groups (broad SMARTS) is 2. The molecular weight excluding hydrogens is 396 g/mol. The average Bonchev–Trinajstić information content (AvgIpc) is 2.62. The quantitative estimate of drug-likeness (QED) is 0.421. The van der Waals surface area contributed by atoms with Crippen LogP contribution < -0.4 is 5.32 Å². The summed E-state index contributed by atoms with van der Waals surface area (Å²) in [5, 5.41) is 32.7. The molecule has 2 aromatic rings. The molecule has 8 nitrogen and oxygen atoms in total. The van der Waals surface area contributed by atoms with Crippen molar-refractivity contribution in [3.8, 4) is 0 Å². The van der Waals surface area contributed by atoms with Crippen molar-refractivity contribution in [1.82, 2.24) is 0 Å². The summed E-state index contributed by atoms with van der Waals surface area (Å²) in [6.45, 7) is 0. The Bertz CT molecular complexity index is 876. The van der Waals surface area contributed by atoms with Crippen molar-refractivity contribution in [3.63, 3.8) is 0 Å². The summed E-state index contributed by atoms with van der Waals surface area (Å²) in [5.74, 6) is -1.89. The smallest absolute Gasteiger partial charge is 0.335 e. The molecule has 0 heterocycles. The normalized spacial score (nSPS) is 11.6. The van der Waals surface area contributed by atoms with Gasteiger partial charge in [0.2, 0.25) is 0 Å². The van der Waals surface area contributed by atoms with Gasteiger partial charge in [0.25, 0.3) is 5.69 Å². The van der Waals surface area contributed by atoms with E-state index in [1.807, 2.05) is 12.1 Å². The molecule has 0 fully saturated rings. The SMILES string of the molecule is O=C(O)c1ccc(N[C@H](CSCc2ccccc2Cl)C(=O)O)c([N+](=O)[O-])c1. The molecule has 0 bridgehead atoms. The number of anilines is 1. The number of benzene rings is 2. The van der Waals surface area contributed by atoms with E-state index in [1.54, 1.807) is 12.1 Å². The van der Waals surface area contributed by atoms with Crippen LogP contribution in [-0.4, -0.2) is 38.9 Å². The number of carbonyl (C=O) groups is 2. The summed E-state index contributed by atoms with van der Waals surface area (Å²) in [5.41, 5.74) is 0.0327. The molecule has 10 heteroatoms. The van der Waals surface area contributed by atoms with E-state index in [-0.39, 0.29) is 17.0 Å². The molecule has 0 aromatic heterocycles. The van der Waals surface area contributed by atoms with E-state index in [1.165, 1.54) is 23.9 Å². The maximum absolute atomic E-state index is 11.5. The Balaban J connectivity index is 2.11. The molecule has 0 aliphatic heterocycles. The van der Waals surface area contributed by atoms with Gasteiger partial charge < -0.3 is 15.5 Å². The van der Waals surface area contributed by atoms with Gasteiger partial charge in [-0.2, -0.15) is 11.8 Å². The summed E-state index contributed by atoms with van der Waals surface area (Å²) < 4.78 is 0. The first kappa shape index (κ1) is 20.5. The van der Waals surface area contributed by atoms with Crippen molar-refractivity contribution >= 4 is 46.7 Å². The van der Waals surface area contributed by atoms with Crippen molar-refractivity contribution in [3.05, 3.63) is 68.7 Å². The number of aromatic carboxylic acids is 1. The second-order valence-electron chi connectivity index (χ2n) is 5.44. The van der Waals surface area contributed by atoms with Crippen LogP contribution in [0.15, 0.2) is 42.5 Å². The number of nitro benzene ring substituents is 1. The topological polar surface area (TPSA) is 130 Å². The molecule has 27 heavy (non-hydrogen) atoms. The van der Waals surface area contributed by atoms with Gasteiger partial charge in [-0.05, 0) is 23.8 Å². The molecule has 0 amide bonds. The average molecular weight is 411 g/mol. The Labute approximate surface area is 163 Å². The molecule has 2 rings (SSSR count). The molecule has 0 aliphatic rings. The lowest BCUT2D eigenvalue weighted by Gasteiger charge is -2.16. The van der Waals surface area contributed by atoms with E-state index in [2.05, 4.69) is 5.32 Å². The summed E-state index contributed by atoms with van der Waals surface area (Å²) in [6, 6.07) is 9.32. The van der Waals surface area contributed by atoms with Gasteiger partial charge in [0.15, 0.2) is 0 Å². The first-order valence-electron chi connectivity index (χ1n) is 7.62. The van der Waals surface area contributed by atoms with Crippen LogP contribution in [0.2, 0.25) is 5.02 Å². The molecule has 142 valence electrons. The number of rotatable bonds is 9. The lowest BCUT2D eigenvalue weighted by Crippen LogP contribution is -2.32. The van der Waals surface area contributed by atoms with E-state index in [0.717, 1.165) is 11.6 Å². The van der Waals surface area contributed by atoms with Gasteiger partial charge in [0.1, 0.15) is 11.7 Å². The number of halogens is 1. The largest absolute Gasteiger partial charge is 0.480 e. The van der Waals surface area contributed by atoms with Gasteiger partial charge in [0.05, 0.1) is 10.5 Å². The summed E-state index contributed by atoms with van der Waals surface area (Å²) >= 11 is 7.37. The van der Waals surface area contributed by atoms with Gasteiger partial charge >= 0.3 is 11.9 Å². The van der Waals surface area contributed by atoms with Gasteiger partial charge in [0, 0.05) is 22.6 Å². The Hall–Kier alpha value is -2.78. The van der Waals surface area contributed by atoms with E-state index in [0.29, 0.717) is 10.8 Å². The Morgan fingerprint density at radius 3 is 2.52 bits per heavy atom. The number of thioether (sulfide) groups is 1. The standard InChI is InChI=1S/C17H15ClN2O6S/c18-12-4-2-1-3-11(12)8-27-9-14(17(23)24)19-13-6-5-10(16(21)22)7-15(13)20(25)26/h1-7,14,19H,8-9H2,(H,21,22)(H,23,24)/t14-/m1/s1. The number of hydrogen-bond acceptors (Lipinski definition) is 6. The van der Waals surface area contributed by atoms with Crippen LogP contribution in [0.3, 0.4) is 0 Å². The minimum Gasteiger partial charge on any atom is -0.480 e. The van der Waals surface area contributed by atoms with Crippen LogP contribution in [0.25, 0.3) is 0 Å². The number of hydrogen-bond donors (Lipinski definition) is 3. The van der Waals surface area contributed by atoms with Crippen molar-refractivity contribution in [2.24, 2.45) is 0 Å². The van der Waals surface area contributed by atoms with Crippen molar-refractivity contribution in [1.29, 1.82) is 0 Å². The number of aliphatic carboxylic acids is 1. The number of nitrogens with one attached hydrogen (secondary N) is 1. The molecule has 2 aromatic carbocycles. The number of carboxylic acids is 2.